The first-order valence-electron chi connectivity index (χ1n) is 7.59. The number of halogens is 1. The summed E-state index contributed by atoms with van der Waals surface area (Å²) in [6.45, 7) is 2.82. The first kappa shape index (κ1) is 15.4. The van der Waals surface area contributed by atoms with Crippen LogP contribution in [0.15, 0.2) is 65.3 Å². The molecule has 3 nitrogen and oxygen atoms in total. The molecule has 0 aliphatic heterocycles. The lowest BCUT2D eigenvalue weighted by Gasteiger charge is -2.23. The van der Waals surface area contributed by atoms with Gasteiger partial charge in [0.05, 0.1) is 5.69 Å². The van der Waals surface area contributed by atoms with Crippen LogP contribution < -0.4 is 0 Å². The first-order valence-corrected chi connectivity index (χ1v) is 7.59. The highest BCUT2D eigenvalue weighted by atomic mass is 19.1. The Morgan fingerprint density at radius 1 is 1.13 bits per heavy atom. The Balaban J connectivity index is 1.71. The Labute approximate surface area is 135 Å². The van der Waals surface area contributed by atoms with Gasteiger partial charge in [-0.3, -0.25) is 4.90 Å². The molecule has 3 aromatic rings. The summed E-state index contributed by atoms with van der Waals surface area (Å²) >= 11 is 0. The van der Waals surface area contributed by atoms with Crippen molar-refractivity contribution in [2.75, 3.05) is 7.05 Å². The monoisotopic (exact) mass is 310 g/mol. The maximum atomic E-state index is 13.3. The Hall–Kier alpha value is -2.46. The van der Waals surface area contributed by atoms with Crippen LogP contribution in [0.1, 0.15) is 24.2 Å². The van der Waals surface area contributed by atoms with E-state index in [-0.39, 0.29) is 11.9 Å². The van der Waals surface area contributed by atoms with Crippen molar-refractivity contribution < 1.29 is 8.81 Å². The quantitative estimate of drug-likeness (QED) is 0.685. The predicted molar refractivity (Wildman–Crippen MR) is 88.2 cm³/mol. The molecular weight excluding hydrogens is 291 g/mol. The summed E-state index contributed by atoms with van der Waals surface area (Å²) in [4.78, 5) is 6.66. The van der Waals surface area contributed by atoms with Gasteiger partial charge in [0.25, 0.3) is 0 Å². The molecule has 1 unspecified atom stereocenters. The van der Waals surface area contributed by atoms with E-state index in [0.717, 1.165) is 5.69 Å². The van der Waals surface area contributed by atoms with Crippen molar-refractivity contribution in [2.45, 2.75) is 19.5 Å². The van der Waals surface area contributed by atoms with Gasteiger partial charge in [-0.1, -0.05) is 36.4 Å². The molecule has 1 heterocycles. The molecule has 0 radical (unpaired) electrons. The number of aromatic nitrogens is 1. The summed E-state index contributed by atoms with van der Waals surface area (Å²) in [5, 5.41) is 0. The first-order chi connectivity index (χ1) is 11.1. The molecule has 0 aliphatic carbocycles. The van der Waals surface area contributed by atoms with E-state index in [4.69, 9.17) is 4.42 Å². The Morgan fingerprint density at radius 3 is 2.65 bits per heavy atom. The highest BCUT2D eigenvalue weighted by Gasteiger charge is 2.14. The minimum absolute atomic E-state index is 0.269. The second-order valence-electron chi connectivity index (χ2n) is 5.66. The zero-order valence-electron chi connectivity index (χ0n) is 13.2. The molecule has 0 amide bonds. The summed E-state index contributed by atoms with van der Waals surface area (Å²) in [7, 11) is 2.05. The average molecular weight is 310 g/mol. The van der Waals surface area contributed by atoms with Crippen molar-refractivity contribution >= 4 is 0 Å². The van der Waals surface area contributed by atoms with E-state index in [9.17, 15) is 4.39 Å². The zero-order valence-corrected chi connectivity index (χ0v) is 13.2. The van der Waals surface area contributed by atoms with Crippen LogP contribution in [-0.2, 0) is 6.54 Å². The van der Waals surface area contributed by atoms with Crippen molar-refractivity contribution in [1.82, 2.24) is 9.88 Å². The van der Waals surface area contributed by atoms with Gasteiger partial charge in [-0.05, 0) is 37.7 Å². The van der Waals surface area contributed by atoms with Crippen LogP contribution in [0.3, 0.4) is 0 Å². The molecule has 0 fully saturated rings. The second kappa shape index (κ2) is 6.75. The normalized spacial score (nSPS) is 12.5. The summed E-state index contributed by atoms with van der Waals surface area (Å²) < 4.78 is 18.8. The van der Waals surface area contributed by atoms with E-state index < -0.39 is 0 Å². The van der Waals surface area contributed by atoms with Gasteiger partial charge in [-0.15, -0.1) is 0 Å². The van der Waals surface area contributed by atoms with E-state index in [1.165, 1.54) is 17.7 Å². The molecule has 3 rings (SSSR count). The molecule has 118 valence electrons. The van der Waals surface area contributed by atoms with E-state index >= 15 is 0 Å². The van der Waals surface area contributed by atoms with Gasteiger partial charge in [-0.2, -0.15) is 0 Å². The predicted octanol–water partition coefficient (Wildman–Crippen LogP) is 4.67. The third-order valence-corrected chi connectivity index (χ3v) is 3.98. The number of rotatable bonds is 5. The summed E-state index contributed by atoms with van der Waals surface area (Å²) in [6, 6.07) is 16.9. The van der Waals surface area contributed by atoms with Gasteiger partial charge < -0.3 is 4.42 Å². The van der Waals surface area contributed by atoms with Gasteiger partial charge >= 0.3 is 0 Å². The van der Waals surface area contributed by atoms with Crippen molar-refractivity contribution in [3.05, 3.63) is 77.9 Å². The Kier molecular flexibility index (Phi) is 4.53. The SMILES string of the molecule is CC(c1ccccc1)N(C)Cc1coc(-c2cccc(F)c2)n1. The Bertz CT molecular complexity index is 770. The molecule has 2 aromatic carbocycles. The van der Waals surface area contributed by atoms with Crippen LogP contribution >= 0.6 is 0 Å². The minimum Gasteiger partial charge on any atom is -0.444 e. The topological polar surface area (TPSA) is 29.3 Å². The summed E-state index contributed by atoms with van der Waals surface area (Å²) in [6.07, 6.45) is 1.63. The Morgan fingerprint density at radius 2 is 1.91 bits per heavy atom. The average Bonchev–Trinajstić information content (AvgIpc) is 3.03. The van der Waals surface area contributed by atoms with Crippen LogP contribution in [0.4, 0.5) is 4.39 Å². The van der Waals surface area contributed by atoms with Crippen LogP contribution in [0.2, 0.25) is 0 Å². The number of benzene rings is 2. The van der Waals surface area contributed by atoms with Crippen LogP contribution in [0.5, 0.6) is 0 Å². The highest BCUT2D eigenvalue weighted by Crippen LogP contribution is 2.23. The fourth-order valence-electron chi connectivity index (χ4n) is 2.51. The number of hydrogen-bond donors (Lipinski definition) is 0. The molecule has 0 saturated carbocycles. The third-order valence-electron chi connectivity index (χ3n) is 3.98. The molecule has 0 spiro atoms. The van der Waals surface area contributed by atoms with Gasteiger partial charge in [0.15, 0.2) is 0 Å². The van der Waals surface area contributed by atoms with Crippen molar-refractivity contribution in [1.29, 1.82) is 0 Å². The molecule has 1 atom stereocenters. The van der Waals surface area contributed by atoms with Crippen LogP contribution in [0.25, 0.3) is 11.5 Å². The zero-order chi connectivity index (χ0) is 16.2. The molecule has 1 aromatic heterocycles. The smallest absolute Gasteiger partial charge is 0.226 e. The maximum Gasteiger partial charge on any atom is 0.226 e. The minimum atomic E-state index is -0.294. The molecule has 0 saturated heterocycles. The van der Waals surface area contributed by atoms with E-state index in [2.05, 4.69) is 28.9 Å². The highest BCUT2D eigenvalue weighted by molar-refractivity contribution is 5.52. The number of hydrogen-bond acceptors (Lipinski definition) is 3. The van der Waals surface area contributed by atoms with Crippen LogP contribution in [0, 0.1) is 5.82 Å². The van der Waals surface area contributed by atoms with E-state index in [1.807, 2.05) is 25.2 Å². The molecule has 4 heteroatoms. The van der Waals surface area contributed by atoms with E-state index in [0.29, 0.717) is 18.0 Å². The molecule has 0 bridgehead atoms. The standard InChI is InChI=1S/C19H19FN2O/c1-14(15-7-4-3-5-8-15)22(2)12-18-13-23-19(21-18)16-9-6-10-17(20)11-16/h3-11,13-14H,12H2,1-2H3. The van der Waals surface area contributed by atoms with Crippen molar-refractivity contribution in [2.24, 2.45) is 0 Å². The lowest BCUT2D eigenvalue weighted by Crippen LogP contribution is -2.22. The van der Waals surface area contributed by atoms with Crippen molar-refractivity contribution in [3.63, 3.8) is 0 Å². The van der Waals surface area contributed by atoms with Crippen molar-refractivity contribution in [3.8, 4) is 11.5 Å². The fourth-order valence-corrected chi connectivity index (χ4v) is 2.51. The maximum absolute atomic E-state index is 13.3. The lowest BCUT2D eigenvalue weighted by atomic mass is 10.1. The third kappa shape index (κ3) is 3.66. The number of nitrogens with zero attached hydrogens (tertiary/aromatic N) is 2. The van der Waals surface area contributed by atoms with Gasteiger partial charge in [0, 0.05) is 18.2 Å². The summed E-state index contributed by atoms with van der Waals surface area (Å²) in [5.41, 5.74) is 2.73. The molecule has 0 N–H and O–H groups in total. The van der Waals surface area contributed by atoms with Gasteiger partial charge in [-0.25, -0.2) is 9.37 Å². The fraction of sp³-hybridized carbons (Fsp3) is 0.211. The molecule has 23 heavy (non-hydrogen) atoms. The summed E-state index contributed by atoms with van der Waals surface area (Å²) in [5.74, 6) is 0.150. The molecule has 0 aliphatic rings. The van der Waals surface area contributed by atoms with Crippen LogP contribution in [-0.4, -0.2) is 16.9 Å². The van der Waals surface area contributed by atoms with Gasteiger partial charge in [0.2, 0.25) is 5.89 Å². The molecular formula is C19H19FN2O. The largest absolute Gasteiger partial charge is 0.444 e. The number of oxazole rings is 1. The lowest BCUT2D eigenvalue weighted by molar-refractivity contribution is 0.250. The second-order valence-corrected chi connectivity index (χ2v) is 5.66. The van der Waals surface area contributed by atoms with Gasteiger partial charge in [0.1, 0.15) is 12.1 Å². The van der Waals surface area contributed by atoms with E-state index in [1.54, 1.807) is 18.4 Å².